The van der Waals surface area contributed by atoms with E-state index in [4.69, 9.17) is 4.74 Å². The first-order valence-electron chi connectivity index (χ1n) is 13.8. The third-order valence-corrected chi connectivity index (χ3v) is 9.49. The van der Waals surface area contributed by atoms with Gasteiger partial charge in [-0.1, -0.05) is 30.3 Å². The van der Waals surface area contributed by atoms with Crippen LogP contribution in [0.2, 0.25) is 0 Å². The van der Waals surface area contributed by atoms with E-state index in [2.05, 4.69) is 54.4 Å². The van der Waals surface area contributed by atoms with E-state index >= 15 is 0 Å². The van der Waals surface area contributed by atoms with Crippen LogP contribution in [0, 0.1) is 5.92 Å². The van der Waals surface area contributed by atoms with Crippen molar-refractivity contribution >= 4 is 11.9 Å². The topological polar surface area (TPSA) is 65.1 Å². The number of imide groups is 1. The van der Waals surface area contributed by atoms with Gasteiger partial charge in [-0.3, -0.25) is 14.6 Å². The first kappa shape index (κ1) is 23.4. The van der Waals surface area contributed by atoms with Crippen molar-refractivity contribution in [1.29, 1.82) is 0 Å². The van der Waals surface area contributed by atoms with Crippen LogP contribution in [0.15, 0.2) is 30.3 Å². The fourth-order valence-electron chi connectivity index (χ4n) is 7.97. The van der Waals surface area contributed by atoms with E-state index in [0.29, 0.717) is 37.1 Å². The number of hydrogen-bond acceptors (Lipinski definition) is 5. The van der Waals surface area contributed by atoms with Crippen LogP contribution in [0.4, 0.5) is 4.79 Å². The summed E-state index contributed by atoms with van der Waals surface area (Å²) < 4.78 is 5.53. The van der Waals surface area contributed by atoms with E-state index in [1.54, 1.807) is 4.90 Å². The minimum Gasteiger partial charge on any atom is -0.381 e. The summed E-state index contributed by atoms with van der Waals surface area (Å²) in [4.78, 5) is 34.1. The molecule has 3 amide bonds. The molecule has 5 saturated heterocycles. The number of hydrogen-bond donors (Lipinski definition) is 1. The first-order chi connectivity index (χ1) is 17.0. The molecule has 7 heteroatoms. The van der Waals surface area contributed by atoms with Crippen LogP contribution < -0.4 is 5.32 Å². The SMILES string of the molecule is CC(C)N1C(=O)N(C2CCOCC2)C(=O)C12CC1CCC(C2)N1C[C@H]1CNC[C@@H]1c1ccccc1. The van der Waals surface area contributed by atoms with Crippen LogP contribution in [0.25, 0.3) is 0 Å². The maximum absolute atomic E-state index is 14.1. The molecule has 0 aromatic heterocycles. The van der Waals surface area contributed by atoms with Crippen molar-refractivity contribution in [2.45, 2.75) is 88.0 Å². The number of ether oxygens (including phenoxy) is 1. The predicted molar refractivity (Wildman–Crippen MR) is 134 cm³/mol. The highest BCUT2D eigenvalue weighted by Gasteiger charge is 2.64. The lowest BCUT2D eigenvalue weighted by Gasteiger charge is -2.48. The summed E-state index contributed by atoms with van der Waals surface area (Å²) in [5.74, 6) is 1.19. The van der Waals surface area contributed by atoms with Crippen molar-refractivity contribution in [3.05, 3.63) is 35.9 Å². The van der Waals surface area contributed by atoms with Gasteiger partial charge in [0.25, 0.3) is 5.91 Å². The average Bonchev–Trinajstić information content (AvgIpc) is 3.48. The Morgan fingerprint density at radius 1 is 0.971 bits per heavy atom. The number of urea groups is 1. The number of amides is 3. The number of nitrogens with zero attached hydrogens (tertiary/aromatic N) is 3. The number of carbonyl (C=O) groups is 2. The maximum atomic E-state index is 14.1. The minimum atomic E-state index is -0.668. The zero-order valence-electron chi connectivity index (χ0n) is 21.2. The van der Waals surface area contributed by atoms with E-state index < -0.39 is 5.54 Å². The van der Waals surface area contributed by atoms with Crippen LogP contribution in [0.1, 0.15) is 63.9 Å². The lowest BCUT2D eigenvalue weighted by atomic mass is 9.79. The van der Waals surface area contributed by atoms with Gasteiger partial charge in [0.1, 0.15) is 5.54 Å². The molecule has 2 bridgehead atoms. The molecule has 190 valence electrons. The second-order valence-corrected chi connectivity index (χ2v) is 11.7. The third-order valence-electron chi connectivity index (χ3n) is 9.49. The molecule has 1 aromatic carbocycles. The first-order valence-corrected chi connectivity index (χ1v) is 13.8. The quantitative estimate of drug-likeness (QED) is 0.656. The minimum absolute atomic E-state index is 0.0173. The summed E-state index contributed by atoms with van der Waals surface area (Å²) in [5, 5.41) is 3.64. The molecule has 1 spiro atoms. The van der Waals surface area contributed by atoms with Crippen molar-refractivity contribution in [3.8, 4) is 0 Å². The molecule has 5 heterocycles. The molecule has 1 N–H and O–H groups in total. The van der Waals surface area contributed by atoms with Gasteiger partial charge in [-0.2, -0.15) is 0 Å². The monoisotopic (exact) mass is 480 g/mol. The van der Waals surface area contributed by atoms with Gasteiger partial charge in [-0.15, -0.1) is 0 Å². The fraction of sp³-hybridized carbons (Fsp3) is 0.714. The third kappa shape index (κ3) is 3.82. The van der Waals surface area contributed by atoms with E-state index in [9.17, 15) is 9.59 Å². The van der Waals surface area contributed by atoms with Crippen molar-refractivity contribution in [1.82, 2.24) is 20.0 Å². The van der Waals surface area contributed by atoms with Gasteiger partial charge in [0.2, 0.25) is 0 Å². The van der Waals surface area contributed by atoms with E-state index in [1.807, 2.05) is 4.90 Å². The molecule has 6 rings (SSSR count). The second kappa shape index (κ2) is 9.16. The van der Waals surface area contributed by atoms with Crippen molar-refractivity contribution in [2.24, 2.45) is 5.92 Å². The van der Waals surface area contributed by atoms with E-state index in [-0.39, 0.29) is 24.0 Å². The summed E-state index contributed by atoms with van der Waals surface area (Å²) >= 11 is 0. The molecule has 5 aliphatic heterocycles. The van der Waals surface area contributed by atoms with E-state index in [1.165, 1.54) is 5.56 Å². The van der Waals surface area contributed by atoms with Crippen LogP contribution in [-0.4, -0.2) is 89.2 Å². The predicted octanol–water partition coefficient (Wildman–Crippen LogP) is 3.21. The van der Waals surface area contributed by atoms with Crippen LogP contribution >= 0.6 is 0 Å². The molecule has 5 fully saturated rings. The van der Waals surface area contributed by atoms with Crippen molar-refractivity contribution in [3.63, 3.8) is 0 Å². The second-order valence-electron chi connectivity index (χ2n) is 11.7. The largest absolute Gasteiger partial charge is 0.381 e. The lowest BCUT2D eigenvalue weighted by Crippen LogP contribution is -2.62. The Bertz CT molecular complexity index is 933. The van der Waals surface area contributed by atoms with Gasteiger partial charge in [0.05, 0.1) is 0 Å². The van der Waals surface area contributed by atoms with Gasteiger partial charge >= 0.3 is 6.03 Å². The summed E-state index contributed by atoms with van der Waals surface area (Å²) in [6.45, 7) is 8.57. The number of fused-ring (bicyclic) bond motifs is 2. The Morgan fingerprint density at radius 3 is 2.31 bits per heavy atom. The average molecular weight is 481 g/mol. The van der Waals surface area contributed by atoms with Gasteiger partial charge in [-0.05, 0) is 70.4 Å². The summed E-state index contributed by atoms with van der Waals surface area (Å²) in [7, 11) is 0. The summed E-state index contributed by atoms with van der Waals surface area (Å²) in [6, 6.07) is 11.6. The Kier molecular flexibility index (Phi) is 6.14. The van der Waals surface area contributed by atoms with Gasteiger partial charge in [0.15, 0.2) is 0 Å². The Hall–Kier alpha value is -1.96. The van der Waals surface area contributed by atoms with Crippen molar-refractivity contribution < 1.29 is 14.3 Å². The Balaban J connectivity index is 1.23. The highest BCUT2D eigenvalue weighted by Crippen LogP contribution is 2.49. The molecule has 2 unspecified atom stereocenters. The van der Waals surface area contributed by atoms with Crippen LogP contribution in [0.3, 0.4) is 0 Å². The highest BCUT2D eigenvalue weighted by atomic mass is 16.5. The molecule has 4 atom stereocenters. The number of piperidine rings is 1. The number of carbonyl (C=O) groups excluding carboxylic acids is 2. The molecular weight excluding hydrogens is 440 g/mol. The zero-order chi connectivity index (χ0) is 24.2. The molecule has 0 aliphatic carbocycles. The summed E-state index contributed by atoms with van der Waals surface area (Å²) in [5.41, 5.74) is 0.761. The smallest absolute Gasteiger partial charge is 0.328 e. The molecular formula is C28H40N4O3. The maximum Gasteiger partial charge on any atom is 0.328 e. The van der Waals surface area contributed by atoms with Crippen molar-refractivity contribution in [2.75, 3.05) is 32.8 Å². The molecule has 0 saturated carbocycles. The van der Waals surface area contributed by atoms with Gasteiger partial charge in [0, 0.05) is 56.4 Å². The van der Waals surface area contributed by atoms with Crippen LogP contribution in [-0.2, 0) is 9.53 Å². The molecule has 0 radical (unpaired) electrons. The summed E-state index contributed by atoms with van der Waals surface area (Å²) in [6.07, 6.45) is 5.34. The van der Waals surface area contributed by atoms with Gasteiger partial charge < -0.3 is 15.0 Å². The van der Waals surface area contributed by atoms with E-state index in [0.717, 1.165) is 58.2 Å². The number of benzene rings is 1. The molecule has 35 heavy (non-hydrogen) atoms. The highest BCUT2D eigenvalue weighted by molar-refractivity contribution is 6.07. The Labute approximate surface area is 209 Å². The normalized spacial score (nSPS) is 36.3. The molecule has 5 aliphatic rings. The van der Waals surface area contributed by atoms with Crippen LogP contribution in [0.5, 0.6) is 0 Å². The lowest BCUT2D eigenvalue weighted by molar-refractivity contribution is -0.140. The number of rotatable bonds is 5. The fourth-order valence-corrected chi connectivity index (χ4v) is 7.97. The standard InChI is InChI=1S/C28H40N4O3/c1-19(2)32-27(34)31(22-10-12-35-13-11-22)26(33)28(32)14-23-8-9-24(15-28)30(23)18-21-16-29-17-25(21)20-6-4-3-5-7-20/h3-7,19,21-25,29H,8-18H2,1-2H3/t21-,23?,24?,25-,28?/m1/s1. The zero-order valence-corrected chi connectivity index (χ0v) is 21.2. The Morgan fingerprint density at radius 2 is 1.66 bits per heavy atom. The van der Waals surface area contributed by atoms with Gasteiger partial charge in [-0.25, -0.2) is 4.79 Å². The molecule has 7 nitrogen and oxygen atoms in total. The number of nitrogens with one attached hydrogen (secondary N) is 1. The molecule has 1 aromatic rings.